The monoisotopic (exact) mass is 449 g/mol. The molecule has 32 heavy (non-hydrogen) atoms. The van der Waals surface area contributed by atoms with Crippen LogP contribution in [0.3, 0.4) is 0 Å². The van der Waals surface area contributed by atoms with E-state index in [1.54, 1.807) is 6.07 Å². The molecule has 0 saturated carbocycles. The van der Waals surface area contributed by atoms with Gasteiger partial charge in [0, 0.05) is 13.1 Å². The van der Waals surface area contributed by atoms with Crippen LogP contribution in [-0.4, -0.2) is 41.8 Å². The Kier molecular flexibility index (Phi) is 9.57. The van der Waals surface area contributed by atoms with E-state index in [0.717, 1.165) is 0 Å². The second kappa shape index (κ2) is 11.0. The van der Waals surface area contributed by atoms with Crippen LogP contribution in [0.5, 0.6) is 5.75 Å². The third-order valence-electron chi connectivity index (χ3n) is 4.96. The van der Waals surface area contributed by atoms with Gasteiger partial charge >= 0.3 is 6.09 Å². The van der Waals surface area contributed by atoms with E-state index in [1.165, 1.54) is 4.90 Å². The molecule has 0 radical (unpaired) electrons. The van der Waals surface area contributed by atoms with Gasteiger partial charge in [0.15, 0.2) is 0 Å². The van der Waals surface area contributed by atoms with Crippen LogP contribution < -0.4 is 16.0 Å². The lowest BCUT2D eigenvalue weighted by molar-refractivity contribution is -0.124. The average molecular weight is 450 g/mol. The van der Waals surface area contributed by atoms with Gasteiger partial charge in [-0.1, -0.05) is 53.7 Å². The van der Waals surface area contributed by atoms with Crippen molar-refractivity contribution < 1.29 is 19.4 Å². The number of benzene rings is 1. The van der Waals surface area contributed by atoms with Crippen molar-refractivity contribution in [3.8, 4) is 5.75 Å². The third-order valence-corrected chi connectivity index (χ3v) is 4.96. The van der Waals surface area contributed by atoms with Crippen molar-refractivity contribution in [2.24, 2.45) is 23.0 Å². The van der Waals surface area contributed by atoms with Crippen LogP contribution in [0.4, 0.5) is 10.5 Å². The number of aromatic hydroxyl groups is 1. The number of anilines is 1. The van der Waals surface area contributed by atoms with Gasteiger partial charge in [0.25, 0.3) is 0 Å². The first kappa shape index (κ1) is 27.8. The fourth-order valence-corrected chi connectivity index (χ4v) is 3.14. The van der Waals surface area contributed by atoms with Gasteiger partial charge in [0.2, 0.25) is 5.91 Å². The molecule has 0 aliphatic rings. The summed E-state index contributed by atoms with van der Waals surface area (Å²) in [6, 6.07) is 4.79. The number of hydrogen-bond donors (Lipinski definition) is 3. The highest BCUT2D eigenvalue weighted by Gasteiger charge is 2.28. The Morgan fingerprint density at radius 3 is 2.22 bits per heavy atom. The van der Waals surface area contributed by atoms with E-state index in [2.05, 4.69) is 5.32 Å². The largest absolute Gasteiger partial charge is 0.505 e. The smallest absolute Gasteiger partial charge is 0.414 e. The molecule has 0 saturated heterocycles. The summed E-state index contributed by atoms with van der Waals surface area (Å²) < 4.78 is 5.56. The Balaban J connectivity index is 2.99. The lowest BCUT2D eigenvalue weighted by atomic mass is 9.87. The Morgan fingerprint density at radius 1 is 1.12 bits per heavy atom. The summed E-state index contributed by atoms with van der Waals surface area (Å²) in [5, 5.41) is 13.9. The molecule has 7 nitrogen and oxygen atoms in total. The van der Waals surface area contributed by atoms with E-state index in [1.807, 2.05) is 74.4 Å². The first-order chi connectivity index (χ1) is 14.5. The molecule has 182 valence electrons. The molecule has 0 bridgehead atoms. The molecule has 7 heteroatoms. The van der Waals surface area contributed by atoms with Gasteiger partial charge in [-0.3, -0.25) is 9.69 Å². The predicted molar refractivity (Wildman–Crippen MR) is 130 cm³/mol. The Hall–Kier alpha value is -2.28. The van der Waals surface area contributed by atoms with E-state index in [4.69, 9.17) is 10.5 Å². The number of ether oxygens (including phenoxy) is 1. The van der Waals surface area contributed by atoms with Crippen LogP contribution >= 0.6 is 0 Å². The summed E-state index contributed by atoms with van der Waals surface area (Å²) in [4.78, 5) is 26.6. The average Bonchev–Trinajstić information content (AvgIpc) is 2.63. The third kappa shape index (κ3) is 8.69. The maximum absolute atomic E-state index is 12.8. The van der Waals surface area contributed by atoms with E-state index in [0.29, 0.717) is 30.8 Å². The van der Waals surface area contributed by atoms with Crippen molar-refractivity contribution in [1.29, 1.82) is 0 Å². The highest BCUT2D eigenvalue weighted by molar-refractivity contribution is 5.90. The number of nitrogens with one attached hydrogen (secondary N) is 1. The molecule has 1 rings (SSSR count). The molecule has 1 aromatic carbocycles. The quantitative estimate of drug-likeness (QED) is 0.543. The van der Waals surface area contributed by atoms with Gasteiger partial charge in [-0.25, -0.2) is 4.79 Å². The van der Waals surface area contributed by atoms with Crippen molar-refractivity contribution in [3.63, 3.8) is 0 Å². The maximum Gasteiger partial charge on any atom is 0.414 e. The number of carbonyl (C=O) groups is 2. The summed E-state index contributed by atoms with van der Waals surface area (Å²) in [6.07, 6.45) is 0.0456. The first-order valence-corrected chi connectivity index (χ1v) is 11.4. The predicted octanol–water partition coefficient (Wildman–Crippen LogP) is 4.46. The zero-order valence-corrected chi connectivity index (χ0v) is 21.3. The zero-order chi connectivity index (χ0) is 24.9. The topological polar surface area (TPSA) is 105 Å². The van der Waals surface area contributed by atoms with Crippen LogP contribution in [0.15, 0.2) is 18.2 Å². The first-order valence-electron chi connectivity index (χ1n) is 11.4. The summed E-state index contributed by atoms with van der Waals surface area (Å²) in [6.45, 7) is 18.1. The molecule has 1 aromatic rings. The van der Waals surface area contributed by atoms with Crippen LogP contribution in [0.1, 0.15) is 67.9 Å². The highest BCUT2D eigenvalue weighted by atomic mass is 16.6. The van der Waals surface area contributed by atoms with E-state index in [-0.39, 0.29) is 28.9 Å². The molecule has 0 aromatic heterocycles. The molecule has 2 atom stereocenters. The molecule has 0 aliphatic heterocycles. The second-order valence-corrected chi connectivity index (χ2v) is 11.2. The highest BCUT2D eigenvalue weighted by Crippen LogP contribution is 2.34. The molecular formula is C25H43N3O4. The summed E-state index contributed by atoms with van der Waals surface area (Å²) in [5.74, 6) is 0.123. The molecule has 1 unspecified atom stereocenters. The fourth-order valence-electron chi connectivity index (χ4n) is 3.14. The molecular weight excluding hydrogens is 406 g/mol. The van der Waals surface area contributed by atoms with Crippen LogP contribution in [-0.2, 0) is 16.0 Å². The molecule has 2 amide bonds. The van der Waals surface area contributed by atoms with Crippen LogP contribution in [0.25, 0.3) is 0 Å². The number of carbonyl (C=O) groups excluding carboxylic acids is 2. The lowest BCUT2D eigenvalue weighted by Crippen LogP contribution is -2.49. The van der Waals surface area contributed by atoms with Crippen molar-refractivity contribution in [1.82, 2.24) is 5.32 Å². The number of nitrogens with zero attached hydrogens (tertiary/aromatic N) is 1. The minimum absolute atomic E-state index is 0.0589. The molecule has 0 heterocycles. The number of hydrogen-bond acceptors (Lipinski definition) is 5. The van der Waals surface area contributed by atoms with Crippen LogP contribution in [0, 0.1) is 17.3 Å². The van der Waals surface area contributed by atoms with E-state index < -0.39 is 17.7 Å². The number of phenolic OH excluding ortho intramolecular Hbond substituents is 1. The Labute approximate surface area is 193 Å². The second-order valence-electron chi connectivity index (χ2n) is 11.2. The number of amides is 2. The number of phenols is 1. The van der Waals surface area contributed by atoms with Gasteiger partial charge in [-0.15, -0.1) is 0 Å². The Bertz CT molecular complexity index is 778. The van der Waals surface area contributed by atoms with E-state index in [9.17, 15) is 14.7 Å². The minimum Gasteiger partial charge on any atom is -0.505 e. The molecule has 4 N–H and O–H groups in total. The maximum atomic E-state index is 12.8. The van der Waals surface area contributed by atoms with Crippen molar-refractivity contribution in [3.05, 3.63) is 23.8 Å². The van der Waals surface area contributed by atoms with Crippen molar-refractivity contribution >= 4 is 17.7 Å². The number of nitrogens with two attached hydrogens (primary N) is 1. The van der Waals surface area contributed by atoms with Gasteiger partial charge in [0.05, 0.1) is 11.7 Å². The standard InChI is InChI=1S/C25H43N3O4/c1-16(2)15-28(23(31)32-25(7,8)9)19-12-10-11-18(20(19)29)13-17(3)14-27-22(30)21(26)24(4,5)6/h10-12,16-17,21,29H,13-15,26H2,1-9H3,(H,27,30)/t17?,21-/m0/s1. The van der Waals surface area contributed by atoms with Gasteiger partial charge < -0.3 is 20.9 Å². The van der Waals surface area contributed by atoms with E-state index >= 15 is 0 Å². The summed E-state index contributed by atoms with van der Waals surface area (Å²) in [5.41, 5.74) is 6.20. The number of para-hydroxylation sites is 1. The Morgan fingerprint density at radius 2 is 1.72 bits per heavy atom. The van der Waals surface area contributed by atoms with Gasteiger partial charge in [-0.05, 0) is 56.1 Å². The zero-order valence-electron chi connectivity index (χ0n) is 21.3. The number of rotatable bonds is 8. The SMILES string of the molecule is CC(C)CN(C(=O)OC(C)(C)C)c1cccc(CC(C)CNC(=O)[C@H](N)C(C)(C)C)c1O. The van der Waals surface area contributed by atoms with Gasteiger partial charge in [0.1, 0.15) is 11.4 Å². The molecule has 0 spiro atoms. The minimum atomic E-state index is -0.639. The molecule has 0 fully saturated rings. The van der Waals surface area contributed by atoms with Crippen molar-refractivity contribution in [2.45, 2.75) is 80.4 Å². The van der Waals surface area contributed by atoms with Gasteiger partial charge in [-0.2, -0.15) is 0 Å². The normalized spacial score (nSPS) is 14.1. The molecule has 0 aliphatic carbocycles. The summed E-state index contributed by atoms with van der Waals surface area (Å²) >= 11 is 0. The summed E-state index contributed by atoms with van der Waals surface area (Å²) in [7, 11) is 0. The lowest BCUT2D eigenvalue weighted by Gasteiger charge is -2.29. The van der Waals surface area contributed by atoms with Crippen LogP contribution in [0.2, 0.25) is 0 Å². The van der Waals surface area contributed by atoms with Crippen molar-refractivity contribution in [2.75, 3.05) is 18.0 Å². The fraction of sp³-hybridized carbons (Fsp3) is 0.680.